The Morgan fingerprint density at radius 3 is 1.62 bits per heavy atom. The van der Waals surface area contributed by atoms with E-state index < -0.39 is 5.41 Å². The molecule has 1 aromatic rings. The number of carbonyl (C=O) groups excluding carboxylic acids is 2. The first kappa shape index (κ1) is 27.6. The minimum atomic E-state index is -0.693. The number of hydrogen-bond donors (Lipinski definition) is 0. The van der Waals surface area contributed by atoms with Crippen LogP contribution in [0.3, 0.4) is 0 Å². The molecule has 0 unspecified atom stereocenters. The third-order valence-electron chi connectivity index (χ3n) is 6.43. The van der Waals surface area contributed by atoms with Crippen molar-refractivity contribution < 1.29 is 38.0 Å². The van der Waals surface area contributed by atoms with Crippen molar-refractivity contribution in [3.63, 3.8) is 0 Å². The van der Waals surface area contributed by atoms with E-state index >= 15 is 0 Å². The Kier molecular flexibility index (Phi) is 10.8. The van der Waals surface area contributed by atoms with Gasteiger partial charge in [-0.05, 0) is 39.5 Å². The first-order chi connectivity index (χ1) is 16.4. The van der Waals surface area contributed by atoms with E-state index in [2.05, 4.69) is 0 Å². The maximum Gasteiger partial charge on any atom is 0.312 e. The molecule has 0 aromatic heterocycles. The molecule has 0 fully saturated rings. The van der Waals surface area contributed by atoms with Gasteiger partial charge in [0.25, 0.3) is 0 Å². The summed E-state index contributed by atoms with van der Waals surface area (Å²) in [4.78, 5) is 24.7. The second-order valence-electron chi connectivity index (χ2n) is 8.52. The SMILES string of the molecule is CCOC(=O)CCCCCCCC1(C(=O)OCC)Cc2c(c(OC)c(OC)c(OC)c2OC)C1. The summed E-state index contributed by atoms with van der Waals surface area (Å²) in [7, 11) is 6.29. The molecule has 0 aliphatic heterocycles. The zero-order valence-electron chi connectivity index (χ0n) is 21.5. The van der Waals surface area contributed by atoms with Gasteiger partial charge in [0, 0.05) is 17.5 Å². The number of ether oxygens (including phenoxy) is 6. The van der Waals surface area contributed by atoms with Gasteiger partial charge in [0.2, 0.25) is 11.5 Å². The average Bonchev–Trinajstić information content (AvgIpc) is 3.22. The van der Waals surface area contributed by atoms with Gasteiger partial charge in [0.05, 0.1) is 47.1 Å². The summed E-state index contributed by atoms with van der Waals surface area (Å²) in [5.41, 5.74) is 1.11. The van der Waals surface area contributed by atoms with Crippen LogP contribution in [0.5, 0.6) is 23.0 Å². The fourth-order valence-corrected chi connectivity index (χ4v) is 4.87. The van der Waals surface area contributed by atoms with Crippen molar-refractivity contribution in [2.45, 2.75) is 71.6 Å². The molecule has 0 heterocycles. The van der Waals surface area contributed by atoms with Crippen molar-refractivity contribution in [1.29, 1.82) is 0 Å². The van der Waals surface area contributed by atoms with E-state index in [1.807, 2.05) is 13.8 Å². The summed E-state index contributed by atoms with van der Waals surface area (Å²) in [6, 6.07) is 0. The molecule has 34 heavy (non-hydrogen) atoms. The van der Waals surface area contributed by atoms with Crippen LogP contribution in [0, 0.1) is 5.41 Å². The fourth-order valence-electron chi connectivity index (χ4n) is 4.87. The lowest BCUT2D eigenvalue weighted by Gasteiger charge is -2.26. The molecule has 8 heteroatoms. The zero-order valence-corrected chi connectivity index (χ0v) is 21.5. The molecule has 0 saturated heterocycles. The Bertz CT molecular complexity index is 792. The Balaban J connectivity index is 2.18. The van der Waals surface area contributed by atoms with Crippen molar-refractivity contribution in [1.82, 2.24) is 0 Å². The van der Waals surface area contributed by atoms with Gasteiger partial charge in [-0.1, -0.05) is 25.7 Å². The molecule has 1 aliphatic rings. The predicted octanol–water partition coefficient (Wildman–Crippen LogP) is 4.66. The average molecular weight is 481 g/mol. The standard InChI is InChI=1S/C26H40O8/c1-7-33-20(27)14-12-10-9-11-13-15-26(25(28)34-8-2)16-18-19(17-26)22(30-4)24(32-6)23(31-5)21(18)29-3/h7-17H2,1-6H3. The number of carbonyl (C=O) groups is 2. The lowest BCUT2D eigenvalue weighted by molar-refractivity contribution is -0.155. The van der Waals surface area contributed by atoms with Crippen LogP contribution in [0.1, 0.15) is 69.9 Å². The van der Waals surface area contributed by atoms with Gasteiger partial charge in [-0.15, -0.1) is 0 Å². The zero-order chi connectivity index (χ0) is 25.1. The molecular weight excluding hydrogens is 440 g/mol. The largest absolute Gasteiger partial charge is 0.492 e. The molecule has 0 spiro atoms. The summed E-state index contributed by atoms with van der Waals surface area (Å²) in [5, 5.41) is 0. The molecule has 0 N–H and O–H groups in total. The Morgan fingerprint density at radius 1 is 0.676 bits per heavy atom. The molecule has 1 aliphatic carbocycles. The van der Waals surface area contributed by atoms with E-state index in [4.69, 9.17) is 28.4 Å². The van der Waals surface area contributed by atoms with Crippen molar-refractivity contribution in [3.05, 3.63) is 11.1 Å². The maximum absolute atomic E-state index is 13.2. The van der Waals surface area contributed by atoms with Crippen molar-refractivity contribution in [3.8, 4) is 23.0 Å². The topological polar surface area (TPSA) is 89.5 Å². The van der Waals surface area contributed by atoms with Gasteiger partial charge in [-0.25, -0.2) is 0 Å². The van der Waals surface area contributed by atoms with Crippen molar-refractivity contribution in [2.24, 2.45) is 5.41 Å². The normalized spacial score (nSPS) is 13.7. The Labute approximate surface area is 203 Å². The van der Waals surface area contributed by atoms with E-state index in [-0.39, 0.29) is 11.9 Å². The molecule has 0 saturated carbocycles. The number of esters is 2. The third kappa shape index (κ3) is 6.07. The summed E-state index contributed by atoms with van der Waals surface area (Å²) in [5.74, 6) is 1.72. The second kappa shape index (κ2) is 13.3. The highest BCUT2D eigenvalue weighted by molar-refractivity contribution is 5.81. The molecule has 0 radical (unpaired) electrons. The van der Waals surface area contributed by atoms with Gasteiger partial charge >= 0.3 is 11.9 Å². The predicted molar refractivity (Wildman–Crippen MR) is 128 cm³/mol. The van der Waals surface area contributed by atoms with Crippen molar-refractivity contribution in [2.75, 3.05) is 41.7 Å². The maximum atomic E-state index is 13.2. The van der Waals surface area contributed by atoms with E-state index in [9.17, 15) is 9.59 Å². The van der Waals surface area contributed by atoms with Crippen LogP contribution >= 0.6 is 0 Å². The molecule has 192 valence electrons. The van der Waals surface area contributed by atoms with E-state index in [0.29, 0.717) is 61.9 Å². The molecule has 8 nitrogen and oxygen atoms in total. The number of rotatable bonds is 15. The van der Waals surface area contributed by atoms with Gasteiger partial charge < -0.3 is 28.4 Å². The molecular formula is C26H40O8. The molecule has 0 bridgehead atoms. The van der Waals surface area contributed by atoms with Gasteiger partial charge in [-0.3, -0.25) is 9.59 Å². The van der Waals surface area contributed by atoms with Gasteiger partial charge in [0.15, 0.2) is 11.5 Å². The monoisotopic (exact) mass is 480 g/mol. The molecule has 0 amide bonds. The molecule has 0 atom stereocenters. The van der Waals surface area contributed by atoms with Crippen molar-refractivity contribution >= 4 is 11.9 Å². The lowest BCUT2D eigenvalue weighted by Crippen LogP contribution is -2.34. The molecule has 1 aromatic carbocycles. The summed E-state index contributed by atoms with van der Waals surface area (Å²) in [6.07, 6.45) is 6.76. The van der Waals surface area contributed by atoms with Crippen LogP contribution in [0.4, 0.5) is 0 Å². The van der Waals surface area contributed by atoms with Crippen LogP contribution in [0.2, 0.25) is 0 Å². The minimum absolute atomic E-state index is 0.138. The van der Waals surface area contributed by atoms with Gasteiger partial charge in [-0.2, -0.15) is 0 Å². The van der Waals surface area contributed by atoms with E-state index in [0.717, 1.165) is 43.2 Å². The first-order valence-corrected chi connectivity index (χ1v) is 12.1. The number of fused-ring (bicyclic) bond motifs is 1. The number of hydrogen-bond acceptors (Lipinski definition) is 8. The quantitative estimate of drug-likeness (QED) is 0.264. The van der Waals surface area contributed by atoms with Gasteiger partial charge in [0.1, 0.15) is 0 Å². The third-order valence-corrected chi connectivity index (χ3v) is 6.43. The number of methoxy groups -OCH3 is 4. The summed E-state index contributed by atoms with van der Waals surface area (Å²) >= 11 is 0. The van der Waals surface area contributed by atoms with Crippen LogP contribution in [-0.4, -0.2) is 53.6 Å². The smallest absolute Gasteiger partial charge is 0.312 e. The molecule has 2 rings (SSSR count). The second-order valence-corrected chi connectivity index (χ2v) is 8.52. The first-order valence-electron chi connectivity index (χ1n) is 12.1. The van der Waals surface area contributed by atoms with Crippen LogP contribution in [0.25, 0.3) is 0 Å². The van der Waals surface area contributed by atoms with Crippen LogP contribution < -0.4 is 18.9 Å². The Hall–Kier alpha value is -2.64. The minimum Gasteiger partial charge on any atom is -0.492 e. The fraction of sp³-hybridized carbons (Fsp3) is 0.692. The van der Waals surface area contributed by atoms with E-state index in [1.165, 1.54) is 0 Å². The summed E-state index contributed by atoms with van der Waals surface area (Å²) in [6.45, 7) is 4.39. The van der Waals surface area contributed by atoms with Crippen LogP contribution in [-0.2, 0) is 31.9 Å². The Morgan fingerprint density at radius 2 is 1.15 bits per heavy atom. The highest BCUT2D eigenvalue weighted by atomic mass is 16.5. The lowest BCUT2D eigenvalue weighted by atomic mass is 9.79. The summed E-state index contributed by atoms with van der Waals surface area (Å²) < 4.78 is 33.1. The van der Waals surface area contributed by atoms with E-state index in [1.54, 1.807) is 28.4 Å². The number of unbranched alkanes of at least 4 members (excludes halogenated alkanes) is 4. The number of benzene rings is 1. The highest BCUT2D eigenvalue weighted by Gasteiger charge is 2.48. The highest BCUT2D eigenvalue weighted by Crippen LogP contribution is 2.56. The van der Waals surface area contributed by atoms with Crippen LogP contribution in [0.15, 0.2) is 0 Å².